The predicted molar refractivity (Wildman–Crippen MR) is 151 cm³/mol. The van der Waals surface area contributed by atoms with E-state index in [2.05, 4.69) is 10.2 Å². The van der Waals surface area contributed by atoms with Gasteiger partial charge >= 0.3 is 12.3 Å². The Morgan fingerprint density at radius 3 is 2.33 bits per heavy atom. The molecule has 0 amide bonds. The van der Waals surface area contributed by atoms with Gasteiger partial charge in [0.15, 0.2) is 11.4 Å². The number of aryl methyl sites for hydroxylation is 3. The van der Waals surface area contributed by atoms with Crippen molar-refractivity contribution in [2.75, 3.05) is 0 Å². The second-order valence-electron chi connectivity index (χ2n) is 9.78. The summed E-state index contributed by atoms with van der Waals surface area (Å²) in [5.41, 5.74) is 2.83. The first-order valence-electron chi connectivity index (χ1n) is 12.6. The molecular formula is C31H24F3N3O5. The highest BCUT2D eigenvalue weighted by Gasteiger charge is 2.32. The van der Waals surface area contributed by atoms with E-state index >= 15 is 0 Å². The van der Waals surface area contributed by atoms with E-state index in [0.717, 1.165) is 23.3 Å². The molecule has 0 aliphatic heterocycles. The minimum atomic E-state index is -4.61. The number of aromatic nitrogens is 1. The Morgan fingerprint density at radius 2 is 1.64 bits per heavy atom. The molecule has 0 radical (unpaired) electrons. The van der Waals surface area contributed by atoms with Crippen molar-refractivity contribution in [1.29, 1.82) is 0 Å². The molecule has 8 nitrogen and oxygen atoms in total. The molecule has 0 atom stereocenters. The number of aromatic hydroxyl groups is 2. The lowest BCUT2D eigenvalue weighted by Crippen LogP contribution is -2.05. The van der Waals surface area contributed by atoms with E-state index in [1.807, 2.05) is 13.8 Å². The first kappa shape index (κ1) is 28.2. The Balaban J connectivity index is 1.66. The molecule has 5 rings (SSSR count). The molecule has 0 fully saturated rings. The maximum absolute atomic E-state index is 13.6. The molecule has 11 heteroatoms. The van der Waals surface area contributed by atoms with Gasteiger partial charge in [0.2, 0.25) is 5.88 Å². The molecule has 0 spiro atoms. The molecule has 0 saturated heterocycles. The quantitative estimate of drug-likeness (QED) is 0.110. The SMILES string of the molecule is Cc1cc(N=Nc2c(O)n(-c3ccc(C)c(C)c3)c3cc(C(F)(F)F)ccc23)c(O)c(-c2cccc(OC(=O)O)c2)c1. The lowest BCUT2D eigenvalue weighted by atomic mass is 10.0. The summed E-state index contributed by atoms with van der Waals surface area (Å²) < 4.78 is 46.8. The van der Waals surface area contributed by atoms with Crippen LogP contribution in [0.4, 0.5) is 29.3 Å². The topological polar surface area (TPSA) is 117 Å². The van der Waals surface area contributed by atoms with Crippen LogP contribution in [0.1, 0.15) is 22.3 Å². The summed E-state index contributed by atoms with van der Waals surface area (Å²) >= 11 is 0. The Morgan fingerprint density at radius 1 is 0.881 bits per heavy atom. The molecule has 3 N–H and O–H groups in total. The Bertz CT molecular complexity index is 1890. The molecule has 0 aliphatic carbocycles. The number of ether oxygens (including phenoxy) is 1. The number of hydrogen-bond donors (Lipinski definition) is 3. The first-order chi connectivity index (χ1) is 19.8. The third-order valence-corrected chi connectivity index (χ3v) is 6.84. The molecule has 1 heterocycles. The normalized spacial score (nSPS) is 11.9. The van der Waals surface area contributed by atoms with E-state index in [0.29, 0.717) is 22.4 Å². The second-order valence-corrected chi connectivity index (χ2v) is 9.78. The average molecular weight is 576 g/mol. The maximum atomic E-state index is 13.6. The van der Waals surface area contributed by atoms with Gasteiger partial charge in [0, 0.05) is 16.6 Å². The van der Waals surface area contributed by atoms with E-state index in [9.17, 15) is 28.2 Å². The van der Waals surface area contributed by atoms with Crippen LogP contribution in [0.5, 0.6) is 17.4 Å². The van der Waals surface area contributed by atoms with Crippen LogP contribution in [-0.2, 0) is 6.18 Å². The summed E-state index contributed by atoms with van der Waals surface area (Å²) in [5, 5.41) is 39.8. The smallest absolute Gasteiger partial charge is 0.505 e. The van der Waals surface area contributed by atoms with E-state index in [1.165, 1.54) is 22.8 Å². The molecule has 214 valence electrons. The Kier molecular flexibility index (Phi) is 7.11. The van der Waals surface area contributed by atoms with Gasteiger partial charge in [-0.1, -0.05) is 18.2 Å². The predicted octanol–water partition coefficient (Wildman–Crippen LogP) is 9.12. The number of halogens is 3. The van der Waals surface area contributed by atoms with Gasteiger partial charge in [0.1, 0.15) is 11.4 Å². The number of fused-ring (bicyclic) bond motifs is 1. The fourth-order valence-corrected chi connectivity index (χ4v) is 4.65. The van der Waals surface area contributed by atoms with Crippen molar-refractivity contribution in [3.8, 4) is 34.2 Å². The Hall–Kier alpha value is -5.32. The molecule has 0 saturated carbocycles. The van der Waals surface area contributed by atoms with Crippen LogP contribution in [0.3, 0.4) is 0 Å². The number of phenolic OH excluding ortho intramolecular Hbond substituents is 1. The number of nitrogens with zero attached hydrogens (tertiary/aromatic N) is 3. The highest BCUT2D eigenvalue weighted by Crippen LogP contribution is 2.45. The third-order valence-electron chi connectivity index (χ3n) is 6.84. The minimum absolute atomic E-state index is 0.0212. The molecule has 0 bridgehead atoms. The third kappa shape index (κ3) is 5.36. The minimum Gasteiger partial charge on any atom is -0.505 e. The van der Waals surface area contributed by atoms with E-state index < -0.39 is 23.8 Å². The number of rotatable bonds is 5. The van der Waals surface area contributed by atoms with Gasteiger partial charge in [0.25, 0.3) is 0 Å². The number of hydrogen-bond acceptors (Lipinski definition) is 6. The van der Waals surface area contributed by atoms with Crippen molar-refractivity contribution in [1.82, 2.24) is 4.57 Å². The lowest BCUT2D eigenvalue weighted by Gasteiger charge is -2.11. The number of carboxylic acid groups (broad SMARTS) is 1. The van der Waals surface area contributed by atoms with Crippen LogP contribution < -0.4 is 4.74 Å². The van der Waals surface area contributed by atoms with Gasteiger partial charge in [0.05, 0.1) is 11.1 Å². The van der Waals surface area contributed by atoms with Crippen molar-refractivity contribution in [2.45, 2.75) is 26.9 Å². The highest BCUT2D eigenvalue weighted by molar-refractivity contribution is 5.97. The van der Waals surface area contributed by atoms with Crippen LogP contribution >= 0.6 is 0 Å². The molecule has 5 aromatic rings. The standard InChI is InChI=1S/C31H24F3N3O5/c1-16-11-24(19-5-4-6-22(14-19)42-30(40)41)28(38)25(12-16)35-36-27-23-10-8-20(31(32,33)34)15-26(23)37(29(27)39)21-9-7-17(2)18(3)13-21/h4-15,38-39H,1-3H3,(H,40,41). The van der Waals surface area contributed by atoms with Crippen molar-refractivity contribution in [3.05, 3.63) is 95.1 Å². The lowest BCUT2D eigenvalue weighted by molar-refractivity contribution is -0.137. The average Bonchev–Trinajstić information content (AvgIpc) is 3.20. The molecular weight excluding hydrogens is 551 g/mol. The number of azo groups is 1. The summed E-state index contributed by atoms with van der Waals surface area (Å²) in [6, 6.07) is 17.6. The van der Waals surface area contributed by atoms with E-state index in [-0.39, 0.29) is 33.8 Å². The fraction of sp³-hybridized carbons (Fsp3) is 0.129. The number of carbonyl (C=O) groups is 1. The van der Waals surface area contributed by atoms with Crippen molar-refractivity contribution < 1.29 is 38.0 Å². The van der Waals surface area contributed by atoms with Crippen LogP contribution in [0.25, 0.3) is 27.7 Å². The van der Waals surface area contributed by atoms with Gasteiger partial charge in [-0.05, 0) is 97.6 Å². The zero-order valence-corrected chi connectivity index (χ0v) is 22.6. The molecule has 0 unspecified atom stereocenters. The van der Waals surface area contributed by atoms with Gasteiger partial charge in [-0.3, -0.25) is 4.57 Å². The monoisotopic (exact) mass is 575 g/mol. The molecule has 0 aliphatic rings. The Labute approximate surface area is 237 Å². The summed E-state index contributed by atoms with van der Waals surface area (Å²) in [6.07, 6.45) is -6.10. The zero-order valence-electron chi connectivity index (χ0n) is 22.6. The van der Waals surface area contributed by atoms with Crippen molar-refractivity contribution in [3.63, 3.8) is 0 Å². The van der Waals surface area contributed by atoms with E-state index in [1.54, 1.807) is 49.4 Å². The zero-order chi connectivity index (χ0) is 30.3. The number of alkyl halides is 3. The van der Waals surface area contributed by atoms with Crippen LogP contribution in [0, 0.1) is 20.8 Å². The van der Waals surface area contributed by atoms with Crippen molar-refractivity contribution in [2.24, 2.45) is 10.2 Å². The fourth-order valence-electron chi connectivity index (χ4n) is 4.65. The molecule has 4 aromatic carbocycles. The maximum Gasteiger partial charge on any atom is 0.511 e. The van der Waals surface area contributed by atoms with Gasteiger partial charge in [-0.15, -0.1) is 10.2 Å². The van der Waals surface area contributed by atoms with Crippen LogP contribution in [0.2, 0.25) is 0 Å². The summed E-state index contributed by atoms with van der Waals surface area (Å²) in [5.74, 6) is -0.665. The second kappa shape index (κ2) is 10.6. The van der Waals surface area contributed by atoms with Gasteiger partial charge in [-0.25, -0.2) is 4.79 Å². The number of benzene rings is 4. The summed E-state index contributed by atoms with van der Waals surface area (Å²) in [7, 11) is 0. The van der Waals surface area contributed by atoms with Crippen molar-refractivity contribution >= 4 is 28.4 Å². The van der Waals surface area contributed by atoms with Crippen LogP contribution in [0.15, 0.2) is 83.0 Å². The van der Waals surface area contributed by atoms with E-state index in [4.69, 9.17) is 9.84 Å². The summed E-state index contributed by atoms with van der Waals surface area (Å²) in [6.45, 7) is 5.50. The largest absolute Gasteiger partial charge is 0.511 e. The van der Waals surface area contributed by atoms with Gasteiger partial charge in [-0.2, -0.15) is 13.2 Å². The van der Waals surface area contributed by atoms with Crippen LogP contribution in [-0.4, -0.2) is 26.0 Å². The summed E-state index contributed by atoms with van der Waals surface area (Å²) in [4.78, 5) is 10.9. The highest BCUT2D eigenvalue weighted by atomic mass is 19.4. The number of phenols is 1. The molecule has 42 heavy (non-hydrogen) atoms. The van der Waals surface area contributed by atoms with Gasteiger partial charge < -0.3 is 20.1 Å². The molecule has 1 aromatic heterocycles. The first-order valence-corrected chi connectivity index (χ1v) is 12.6.